The number of piperidine rings is 1. The Labute approximate surface area is 188 Å². The van der Waals surface area contributed by atoms with Gasteiger partial charge in [-0.25, -0.2) is 12.7 Å². The van der Waals surface area contributed by atoms with Crippen LogP contribution in [0.2, 0.25) is 10.0 Å². The van der Waals surface area contributed by atoms with Gasteiger partial charge in [0.05, 0.1) is 11.7 Å². The summed E-state index contributed by atoms with van der Waals surface area (Å²) in [4.78, 5) is 12.7. The Kier molecular flexibility index (Phi) is 7.80. The van der Waals surface area contributed by atoms with Crippen molar-refractivity contribution in [3.8, 4) is 0 Å². The van der Waals surface area contributed by atoms with E-state index in [-0.39, 0.29) is 30.0 Å². The highest BCUT2D eigenvalue weighted by Crippen LogP contribution is 2.29. The van der Waals surface area contributed by atoms with Crippen LogP contribution in [0.4, 0.5) is 0 Å². The van der Waals surface area contributed by atoms with E-state index in [0.717, 1.165) is 5.56 Å². The number of hydrogen-bond donors (Lipinski definition) is 1. The van der Waals surface area contributed by atoms with Crippen molar-refractivity contribution in [2.75, 3.05) is 19.6 Å². The highest BCUT2D eigenvalue weighted by atomic mass is 35.5. The second kappa shape index (κ2) is 10.1. The maximum absolute atomic E-state index is 13.0. The van der Waals surface area contributed by atoms with E-state index in [1.807, 2.05) is 30.3 Å². The Balaban J connectivity index is 1.60. The number of amides is 1. The lowest BCUT2D eigenvalue weighted by atomic mass is 9.97. The summed E-state index contributed by atoms with van der Waals surface area (Å²) in [6.07, 6.45) is 1.31. The highest BCUT2D eigenvalue weighted by Gasteiger charge is 2.33. The molecule has 0 saturated carbocycles. The van der Waals surface area contributed by atoms with E-state index in [1.165, 1.54) is 4.31 Å². The lowest BCUT2D eigenvalue weighted by molar-refractivity contribution is -0.126. The van der Waals surface area contributed by atoms with Gasteiger partial charge in [0.2, 0.25) is 15.9 Å². The smallest absolute Gasteiger partial charge is 0.224 e. The zero-order valence-electron chi connectivity index (χ0n) is 16.9. The van der Waals surface area contributed by atoms with Crippen molar-refractivity contribution in [1.82, 2.24) is 9.62 Å². The number of hydrogen-bond acceptors (Lipinski definition) is 3. The molecule has 3 rings (SSSR count). The molecule has 0 bridgehead atoms. The van der Waals surface area contributed by atoms with E-state index < -0.39 is 10.0 Å². The summed E-state index contributed by atoms with van der Waals surface area (Å²) in [5.41, 5.74) is 1.55. The van der Waals surface area contributed by atoms with E-state index in [2.05, 4.69) is 12.2 Å². The van der Waals surface area contributed by atoms with E-state index in [9.17, 15) is 13.2 Å². The van der Waals surface area contributed by atoms with Crippen molar-refractivity contribution in [2.45, 2.75) is 31.4 Å². The molecule has 1 aliphatic heterocycles. The Morgan fingerprint density at radius 2 is 1.80 bits per heavy atom. The molecule has 0 radical (unpaired) electrons. The fourth-order valence-corrected chi connectivity index (χ4v) is 6.01. The quantitative estimate of drug-likeness (QED) is 0.652. The van der Waals surface area contributed by atoms with Crippen LogP contribution in [0.25, 0.3) is 0 Å². The molecule has 0 aliphatic carbocycles. The van der Waals surface area contributed by atoms with Gasteiger partial charge in [-0.1, -0.05) is 66.5 Å². The third kappa shape index (κ3) is 5.76. The first-order valence-corrected chi connectivity index (χ1v) is 12.4. The molecule has 1 aliphatic rings. The molecule has 0 spiro atoms. The zero-order chi connectivity index (χ0) is 21.7. The van der Waals surface area contributed by atoms with Gasteiger partial charge in [-0.05, 0) is 36.5 Å². The van der Waals surface area contributed by atoms with Crippen LogP contribution < -0.4 is 5.32 Å². The Morgan fingerprint density at radius 3 is 2.47 bits per heavy atom. The molecule has 1 N–H and O–H groups in total. The molecule has 2 aromatic carbocycles. The fourth-order valence-electron chi connectivity index (χ4n) is 3.65. The van der Waals surface area contributed by atoms with Crippen LogP contribution in [0.5, 0.6) is 0 Å². The second-order valence-corrected chi connectivity index (χ2v) is 10.5. The molecule has 0 aromatic heterocycles. The first-order valence-electron chi connectivity index (χ1n) is 10.0. The van der Waals surface area contributed by atoms with E-state index in [4.69, 9.17) is 23.2 Å². The summed E-state index contributed by atoms with van der Waals surface area (Å²) >= 11 is 12.3. The summed E-state index contributed by atoms with van der Waals surface area (Å²) in [5, 5.41) is 3.64. The molecule has 1 heterocycles. The predicted molar refractivity (Wildman–Crippen MR) is 121 cm³/mol. The Morgan fingerprint density at radius 1 is 1.13 bits per heavy atom. The third-order valence-electron chi connectivity index (χ3n) is 5.49. The molecule has 2 atom stereocenters. The van der Waals surface area contributed by atoms with Crippen LogP contribution in [-0.2, 0) is 20.6 Å². The molecule has 30 heavy (non-hydrogen) atoms. The van der Waals surface area contributed by atoms with Gasteiger partial charge in [0.1, 0.15) is 0 Å². The Bertz CT molecular complexity index is 963. The van der Waals surface area contributed by atoms with Gasteiger partial charge in [0.25, 0.3) is 0 Å². The number of benzene rings is 2. The molecule has 0 unspecified atom stereocenters. The highest BCUT2D eigenvalue weighted by molar-refractivity contribution is 7.88. The Hall–Kier alpha value is -1.60. The molecular weight excluding hydrogens is 443 g/mol. The van der Waals surface area contributed by atoms with Crippen LogP contribution in [0.1, 0.15) is 36.8 Å². The first kappa shape index (κ1) is 23.1. The van der Waals surface area contributed by atoms with Crippen molar-refractivity contribution in [3.63, 3.8) is 0 Å². The molecule has 1 amide bonds. The number of rotatable bonds is 7. The minimum Gasteiger partial charge on any atom is -0.355 e. The minimum atomic E-state index is -3.64. The summed E-state index contributed by atoms with van der Waals surface area (Å²) in [7, 11) is -3.64. The minimum absolute atomic E-state index is 0.103. The maximum atomic E-state index is 13.0. The standard InChI is InChI=1S/C22H26Cl2N2O3S/c1-16(17-7-3-2-4-8-17)13-25-22(27)18-9-6-12-26(14-18)30(28,29)15-19-20(23)10-5-11-21(19)24/h2-5,7-8,10-11,16,18H,6,9,12-15H2,1H3,(H,25,27)/t16-,18-/m0/s1. The summed E-state index contributed by atoms with van der Waals surface area (Å²) < 4.78 is 27.3. The third-order valence-corrected chi connectivity index (χ3v) is 7.97. The van der Waals surface area contributed by atoms with Gasteiger partial charge < -0.3 is 5.32 Å². The number of halogens is 2. The van der Waals surface area contributed by atoms with Crippen LogP contribution in [0.3, 0.4) is 0 Å². The van der Waals surface area contributed by atoms with Crippen LogP contribution in [0, 0.1) is 5.92 Å². The average molecular weight is 469 g/mol. The summed E-state index contributed by atoms with van der Waals surface area (Å²) in [6.45, 7) is 3.15. The predicted octanol–water partition coefficient (Wildman–Crippen LogP) is 4.46. The van der Waals surface area contributed by atoms with Crippen molar-refractivity contribution >= 4 is 39.1 Å². The summed E-state index contributed by atoms with van der Waals surface area (Å²) in [6, 6.07) is 14.9. The van der Waals surface area contributed by atoms with Gasteiger partial charge in [0, 0.05) is 35.2 Å². The monoisotopic (exact) mass is 468 g/mol. The molecule has 1 saturated heterocycles. The van der Waals surface area contributed by atoms with Crippen LogP contribution in [-0.4, -0.2) is 38.3 Å². The summed E-state index contributed by atoms with van der Waals surface area (Å²) in [5.74, 6) is -0.558. The second-order valence-electron chi connectivity index (χ2n) is 7.71. The molecule has 162 valence electrons. The van der Waals surface area contributed by atoms with E-state index in [0.29, 0.717) is 41.5 Å². The number of nitrogens with one attached hydrogen (secondary N) is 1. The number of sulfonamides is 1. The molecule has 1 fully saturated rings. The van der Waals surface area contributed by atoms with Crippen LogP contribution >= 0.6 is 23.2 Å². The van der Waals surface area contributed by atoms with Crippen molar-refractivity contribution in [3.05, 3.63) is 69.7 Å². The zero-order valence-corrected chi connectivity index (χ0v) is 19.2. The number of carbonyl (C=O) groups excluding carboxylic acids is 1. The van der Waals surface area contributed by atoms with E-state index in [1.54, 1.807) is 18.2 Å². The fraction of sp³-hybridized carbons (Fsp3) is 0.409. The molecule has 8 heteroatoms. The topological polar surface area (TPSA) is 66.5 Å². The molecular formula is C22H26Cl2N2O3S. The van der Waals surface area contributed by atoms with Gasteiger partial charge in [-0.2, -0.15) is 0 Å². The van der Waals surface area contributed by atoms with Crippen molar-refractivity contribution < 1.29 is 13.2 Å². The SMILES string of the molecule is C[C@@H](CNC(=O)[C@H]1CCCN(S(=O)(=O)Cc2c(Cl)cccc2Cl)C1)c1ccccc1. The van der Waals surface area contributed by atoms with Crippen molar-refractivity contribution in [1.29, 1.82) is 0 Å². The normalized spacial score (nSPS) is 18.7. The van der Waals surface area contributed by atoms with Gasteiger partial charge in [0.15, 0.2) is 0 Å². The first-order chi connectivity index (χ1) is 14.3. The van der Waals surface area contributed by atoms with E-state index >= 15 is 0 Å². The molecule has 5 nitrogen and oxygen atoms in total. The van der Waals surface area contributed by atoms with Gasteiger partial charge in [-0.15, -0.1) is 0 Å². The number of nitrogens with zero attached hydrogens (tertiary/aromatic N) is 1. The maximum Gasteiger partial charge on any atom is 0.224 e. The van der Waals surface area contributed by atoms with Crippen molar-refractivity contribution in [2.24, 2.45) is 5.92 Å². The largest absolute Gasteiger partial charge is 0.355 e. The van der Waals surface area contributed by atoms with Crippen LogP contribution in [0.15, 0.2) is 48.5 Å². The van der Waals surface area contributed by atoms with Gasteiger partial charge in [-0.3, -0.25) is 4.79 Å². The molecule has 2 aromatic rings. The lowest BCUT2D eigenvalue weighted by Gasteiger charge is -2.31. The average Bonchev–Trinajstić information content (AvgIpc) is 2.75. The van der Waals surface area contributed by atoms with Gasteiger partial charge >= 0.3 is 0 Å². The lowest BCUT2D eigenvalue weighted by Crippen LogP contribution is -2.46. The number of carbonyl (C=O) groups is 1.